The van der Waals surface area contributed by atoms with Crippen molar-refractivity contribution >= 4 is 37.5 Å². The van der Waals surface area contributed by atoms with E-state index < -0.39 is 28.7 Å². The summed E-state index contributed by atoms with van der Waals surface area (Å²) in [6, 6.07) is 6.54. The van der Waals surface area contributed by atoms with Crippen molar-refractivity contribution in [1.82, 2.24) is 9.29 Å². The first-order valence-electron chi connectivity index (χ1n) is 7.59. The highest BCUT2D eigenvalue weighted by molar-refractivity contribution is 9.10. The van der Waals surface area contributed by atoms with E-state index in [-0.39, 0.29) is 22.0 Å². The van der Waals surface area contributed by atoms with Gasteiger partial charge in [0.05, 0.1) is 16.8 Å². The molecule has 0 fully saturated rings. The molecule has 12 heteroatoms. The molecule has 28 heavy (non-hydrogen) atoms. The molecule has 0 saturated carbocycles. The Morgan fingerprint density at radius 3 is 2.46 bits per heavy atom. The maximum Gasteiger partial charge on any atom is 0.422 e. The number of rotatable bonds is 6. The minimum absolute atomic E-state index is 0.0704. The molecule has 1 N–H and O–H groups in total. The van der Waals surface area contributed by atoms with Crippen LogP contribution in [0.4, 0.5) is 18.9 Å². The Balaban J connectivity index is 2.15. The number of sulfonamides is 1. The van der Waals surface area contributed by atoms with Gasteiger partial charge in [-0.2, -0.15) is 13.2 Å². The molecule has 2 aromatic rings. The number of benzene rings is 1. The molecule has 0 radical (unpaired) electrons. The molecule has 0 atom stereocenters. The highest BCUT2D eigenvalue weighted by atomic mass is 79.9. The second-order valence-electron chi connectivity index (χ2n) is 5.68. The number of hydrogen-bond acceptors (Lipinski definition) is 5. The van der Waals surface area contributed by atoms with Gasteiger partial charge < -0.3 is 10.1 Å². The number of nitrogens with one attached hydrogen (secondary N) is 1. The second-order valence-corrected chi connectivity index (χ2v) is 8.65. The standard InChI is InChI=1S/C16H15BrF3N3O4S/c1-23(2)28(25,26)13-7-10(3-5-12(13)17)15(24)22-11-4-6-14(21-8-11)27-9-16(18,19)20/h3-8H,9H2,1-2H3,(H,22,24). The number of ether oxygens (including phenoxy) is 1. The van der Waals surface area contributed by atoms with E-state index in [1.807, 2.05) is 0 Å². The summed E-state index contributed by atoms with van der Waals surface area (Å²) in [4.78, 5) is 16.0. The van der Waals surface area contributed by atoms with Crippen LogP contribution in [-0.4, -0.2) is 50.5 Å². The lowest BCUT2D eigenvalue weighted by Gasteiger charge is -2.14. The molecule has 0 unspecified atom stereocenters. The largest absolute Gasteiger partial charge is 0.468 e. The molecule has 0 bridgehead atoms. The average molecular weight is 482 g/mol. The number of aromatic nitrogens is 1. The van der Waals surface area contributed by atoms with Gasteiger partial charge in [0, 0.05) is 30.2 Å². The summed E-state index contributed by atoms with van der Waals surface area (Å²) in [5.74, 6) is -0.869. The van der Waals surface area contributed by atoms with Crippen LogP contribution in [0.2, 0.25) is 0 Å². The van der Waals surface area contributed by atoms with Crippen LogP contribution >= 0.6 is 15.9 Å². The van der Waals surface area contributed by atoms with Gasteiger partial charge in [-0.05, 0) is 40.2 Å². The van der Waals surface area contributed by atoms with E-state index in [9.17, 15) is 26.4 Å². The van der Waals surface area contributed by atoms with Gasteiger partial charge in [-0.3, -0.25) is 4.79 Å². The van der Waals surface area contributed by atoms with Gasteiger partial charge in [-0.1, -0.05) is 0 Å². The second kappa shape index (κ2) is 8.45. The topological polar surface area (TPSA) is 88.6 Å². The number of carbonyl (C=O) groups excluding carboxylic acids is 1. The molecule has 0 saturated heterocycles. The summed E-state index contributed by atoms with van der Waals surface area (Å²) in [7, 11) is -1.05. The molecule has 1 heterocycles. The van der Waals surface area contributed by atoms with E-state index in [0.29, 0.717) is 4.47 Å². The first kappa shape index (κ1) is 22.1. The number of amides is 1. The zero-order chi connectivity index (χ0) is 21.1. The lowest BCUT2D eigenvalue weighted by atomic mass is 10.2. The molecule has 2 rings (SSSR count). The molecule has 7 nitrogen and oxygen atoms in total. The van der Waals surface area contributed by atoms with E-state index in [0.717, 1.165) is 10.5 Å². The first-order chi connectivity index (χ1) is 12.9. The fraction of sp³-hybridized carbons (Fsp3) is 0.250. The van der Waals surface area contributed by atoms with Crippen LogP contribution in [0.3, 0.4) is 0 Å². The number of nitrogens with zero attached hydrogens (tertiary/aromatic N) is 2. The number of carbonyl (C=O) groups is 1. The van der Waals surface area contributed by atoms with Crippen LogP contribution < -0.4 is 10.1 Å². The minimum atomic E-state index is -4.49. The van der Waals surface area contributed by atoms with Gasteiger partial charge in [-0.15, -0.1) is 0 Å². The maximum absolute atomic E-state index is 12.4. The normalized spacial score (nSPS) is 12.1. The third kappa shape index (κ3) is 5.66. The average Bonchev–Trinajstić information content (AvgIpc) is 2.60. The fourth-order valence-corrected chi connectivity index (χ4v) is 3.78. The Morgan fingerprint density at radius 2 is 1.93 bits per heavy atom. The van der Waals surface area contributed by atoms with Crippen molar-refractivity contribution in [3.63, 3.8) is 0 Å². The molecule has 1 aromatic heterocycles. The van der Waals surface area contributed by atoms with Crippen LogP contribution in [0.25, 0.3) is 0 Å². The molecule has 152 valence electrons. The molecule has 0 aliphatic heterocycles. The van der Waals surface area contributed by atoms with Gasteiger partial charge in [0.1, 0.15) is 0 Å². The zero-order valence-electron chi connectivity index (χ0n) is 14.6. The summed E-state index contributed by atoms with van der Waals surface area (Å²) in [5.41, 5.74) is 0.269. The van der Waals surface area contributed by atoms with Gasteiger partial charge >= 0.3 is 6.18 Å². The Bertz CT molecular complexity index is 964. The summed E-state index contributed by atoms with van der Waals surface area (Å²) < 4.78 is 66.8. The third-order valence-corrected chi connectivity index (χ3v) is 6.14. The predicted octanol–water partition coefficient (Wildman–Crippen LogP) is 3.29. The minimum Gasteiger partial charge on any atom is -0.468 e. The summed E-state index contributed by atoms with van der Waals surface area (Å²) >= 11 is 3.15. The highest BCUT2D eigenvalue weighted by Gasteiger charge is 2.28. The van der Waals surface area contributed by atoms with Crippen molar-refractivity contribution in [2.45, 2.75) is 11.1 Å². The Kier molecular flexibility index (Phi) is 6.67. The van der Waals surface area contributed by atoms with Gasteiger partial charge in [0.15, 0.2) is 6.61 Å². The molecule has 1 aromatic carbocycles. The van der Waals surface area contributed by atoms with E-state index >= 15 is 0 Å². The SMILES string of the molecule is CN(C)S(=O)(=O)c1cc(C(=O)Nc2ccc(OCC(F)(F)F)nc2)ccc1Br. The lowest BCUT2D eigenvalue weighted by molar-refractivity contribution is -0.154. The van der Waals surface area contributed by atoms with Crippen molar-refractivity contribution < 1.29 is 31.1 Å². The highest BCUT2D eigenvalue weighted by Crippen LogP contribution is 2.26. The monoisotopic (exact) mass is 481 g/mol. The Morgan fingerprint density at radius 1 is 1.25 bits per heavy atom. The number of pyridine rings is 1. The maximum atomic E-state index is 12.4. The Labute approximate surface area is 167 Å². The van der Waals surface area contributed by atoms with E-state index in [4.69, 9.17) is 0 Å². The quantitative estimate of drug-likeness (QED) is 0.683. The van der Waals surface area contributed by atoms with Crippen LogP contribution in [0, 0.1) is 0 Å². The fourth-order valence-electron chi connectivity index (χ4n) is 1.94. The lowest BCUT2D eigenvalue weighted by Crippen LogP contribution is -2.23. The number of halogens is 4. The van der Waals surface area contributed by atoms with E-state index in [1.54, 1.807) is 0 Å². The van der Waals surface area contributed by atoms with E-state index in [2.05, 4.69) is 31.0 Å². The molecule has 0 spiro atoms. The number of alkyl halides is 3. The number of anilines is 1. The van der Waals surface area contributed by atoms with Crippen LogP contribution in [0.15, 0.2) is 45.9 Å². The van der Waals surface area contributed by atoms with Gasteiger partial charge in [-0.25, -0.2) is 17.7 Å². The third-order valence-electron chi connectivity index (χ3n) is 3.33. The van der Waals surface area contributed by atoms with E-state index in [1.165, 1.54) is 44.4 Å². The molecular weight excluding hydrogens is 467 g/mol. The number of hydrogen-bond donors (Lipinski definition) is 1. The molecule has 0 aliphatic rings. The molecule has 1 amide bonds. The van der Waals surface area contributed by atoms with Crippen LogP contribution in [0.1, 0.15) is 10.4 Å². The summed E-state index contributed by atoms with van der Waals surface area (Å²) in [6.45, 7) is -1.48. The first-order valence-corrected chi connectivity index (χ1v) is 9.82. The van der Waals surface area contributed by atoms with Crippen molar-refractivity contribution in [2.75, 3.05) is 26.0 Å². The van der Waals surface area contributed by atoms with Crippen molar-refractivity contribution in [3.05, 3.63) is 46.6 Å². The smallest absolute Gasteiger partial charge is 0.422 e. The summed E-state index contributed by atoms with van der Waals surface area (Å²) in [6.07, 6.45) is -3.36. The Hall–Kier alpha value is -2.18. The molecular formula is C16H15BrF3N3O4S. The van der Waals surface area contributed by atoms with Crippen molar-refractivity contribution in [1.29, 1.82) is 0 Å². The van der Waals surface area contributed by atoms with Gasteiger partial charge in [0.25, 0.3) is 5.91 Å². The van der Waals surface area contributed by atoms with Gasteiger partial charge in [0.2, 0.25) is 15.9 Å². The molecule has 0 aliphatic carbocycles. The van der Waals surface area contributed by atoms with Crippen molar-refractivity contribution in [2.24, 2.45) is 0 Å². The predicted molar refractivity (Wildman–Crippen MR) is 98.8 cm³/mol. The van der Waals surface area contributed by atoms with Crippen LogP contribution in [-0.2, 0) is 10.0 Å². The van der Waals surface area contributed by atoms with Crippen LogP contribution in [0.5, 0.6) is 5.88 Å². The van der Waals surface area contributed by atoms with Crippen molar-refractivity contribution in [3.8, 4) is 5.88 Å². The summed E-state index contributed by atoms with van der Waals surface area (Å²) in [5, 5.41) is 2.48. The zero-order valence-corrected chi connectivity index (χ0v) is 17.0.